The normalized spacial score (nSPS) is 12.9. The third kappa shape index (κ3) is 2.66. The minimum absolute atomic E-state index is 0.0870. The Morgan fingerprint density at radius 2 is 2.23 bits per heavy atom. The van der Waals surface area contributed by atoms with Crippen molar-refractivity contribution in [3.8, 4) is 0 Å². The average molecular weight is 204 g/mol. The number of aliphatic hydroxyl groups excluding tert-OH is 1. The first kappa shape index (κ1) is 10.4. The lowest BCUT2D eigenvalue weighted by Gasteiger charge is -2.13. The lowest BCUT2D eigenvalue weighted by atomic mass is 10.1. The van der Waals surface area contributed by atoms with E-state index in [1.54, 1.807) is 13.1 Å². The molecule has 0 saturated heterocycles. The van der Waals surface area contributed by atoms with Gasteiger partial charge in [-0.15, -0.1) is 0 Å². The molecule has 0 radical (unpaired) electrons. The zero-order valence-electron chi connectivity index (χ0n) is 7.22. The first-order valence-electron chi connectivity index (χ1n) is 3.91. The second-order valence-electron chi connectivity index (χ2n) is 2.73. The summed E-state index contributed by atoms with van der Waals surface area (Å²) in [5.74, 6) is -0.392. The first-order chi connectivity index (χ1) is 6.17. The van der Waals surface area contributed by atoms with Crippen LogP contribution in [0.5, 0.6) is 0 Å². The van der Waals surface area contributed by atoms with Crippen molar-refractivity contribution in [2.45, 2.75) is 6.04 Å². The molecule has 0 aliphatic rings. The van der Waals surface area contributed by atoms with Crippen LogP contribution in [-0.4, -0.2) is 18.8 Å². The molecule has 13 heavy (non-hydrogen) atoms. The molecule has 1 aromatic carbocycles. The molecule has 2 nitrogen and oxygen atoms in total. The maximum atomic E-state index is 12.9. The van der Waals surface area contributed by atoms with Crippen molar-refractivity contribution in [2.24, 2.45) is 0 Å². The van der Waals surface area contributed by atoms with Gasteiger partial charge in [-0.2, -0.15) is 0 Å². The molecular weight excluding hydrogens is 193 g/mol. The molecule has 0 heterocycles. The fourth-order valence-electron chi connectivity index (χ4n) is 1.14. The number of halogens is 2. The summed E-state index contributed by atoms with van der Waals surface area (Å²) in [6.45, 7) is -0.0870. The van der Waals surface area contributed by atoms with Gasteiger partial charge in [-0.1, -0.05) is 11.6 Å². The molecular formula is C9H11ClFNO. The molecule has 0 unspecified atom stereocenters. The van der Waals surface area contributed by atoms with E-state index in [0.717, 1.165) is 0 Å². The number of nitrogens with one attached hydrogen (secondary N) is 1. The summed E-state index contributed by atoms with van der Waals surface area (Å²) >= 11 is 5.66. The van der Waals surface area contributed by atoms with E-state index >= 15 is 0 Å². The zero-order chi connectivity index (χ0) is 9.84. The molecule has 0 aromatic heterocycles. The molecule has 0 fully saturated rings. The van der Waals surface area contributed by atoms with Crippen LogP contribution in [-0.2, 0) is 0 Å². The number of likely N-dealkylation sites (N-methyl/N-ethyl adjacent to an activating group) is 1. The van der Waals surface area contributed by atoms with Gasteiger partial charge in [-0.25, -0.2) is 4.39 Å². The molecule has 1 aromatic rings. The van der Waals surface area contributed by atoms with Gasteiger partial charge in [0.05, 0.1) is 12.6 Å². The molecule has 0 bridgehead atoms. The summed E-state index contributed by atoms with van der Waals surface area (Å²) in [6.07, 6.45) is 0. The minimum atomic E-state index is -0.392. The van der Waals surface area contributed by atoms with Gasteiger partial charge in [0.25, 0.3) is 0 Å². The van der Waals surface area contributed by atoms with Crippen LogP contribution in [0.2, 0.25) is 5.02 Å². The lowest BCUT2D eigenvalue weighted by molar-refractivity contribution is 0.250. The number of aliphatic hydroxyl groups is 1. The number of rotatable bonds is 3. The zero-order valence-corrected chi connectivity index (χ0v) is 7.98. The Labute approximate surface area is 81.3 Å². The van der Waals surface area contributed by atoms with Crippen molar-refractivity contribution in [2.75, 3.05) is 13.7 Å². The van der Waals surface area contributed by atoms with Gasteiger partial charge in [0, 0.05) is 5.02 Å². The fourth-order valence-corrected chi connectivity index (χ4v) is 1.37. The predicted molar refractivity (Wildman–Crippen MR) is 50.3 cm³/mol. The second-order valence-corrected chi connectivity index (χ2v) is 3.16. The molecule has 2 N–H and O–H groups in total. The van der Waals surface area contributed by atoms with Crippen LogP contribution in [0.4, 0.5) is 4.39 Å². The Balaban J connectivity index is 2.99. The van der Waals surface area contributed by atoms with E-state index in [0.29, 0.717) is 10.6 Å². The average Bonchev–Trinajstić information content (AvgIpc) is 2.04. The molecule has 0 aliphatic carbocycles. The highest BCUT2D eigenvalue weighted by Crippen LogP contribution is 2.19. The molecule has 1 rings (SSSR count). The molecule has 0 saturated carbocycles. The number of benzene rings is 1. The van der Waals surface area contributed by atoms with Crippen molar-refractivity contribution < 1.29 is 9.50 Å². The van der Waals surface area contributed by atoms with Gasteiger partial charge >= 0.3 is 0 Å². The monoisotopic (exact) mass is 203 g/mol. The van der Waals surface area contributed by atoms with Gasteiger partial charge in [-0.3, -0.25) is 0 Å². The number of hydrogen-bond donors (Lipinski definition) is 2. The highest BCUT2D eigenvalue weighted by Gasteiger charge is 2.09. The van der Waals surface area contributed by atoms with Crippen LogP contribution >= 0.6 is 11.6 Å². The van der Waals surface area contributed by atoms with Gasteiger partial charge in [-0.05, 0) is 30.8 Å². The van der Waals surface area contributed by atoms with Gasteiger partial charge < -0.3 is 10.4 Å². The van der Waals surface area contributed by atoms with E-state index in [1.165, 1.54) is 12.1 Å². The van der Waals surface area contributed by atoms with Crippen molar-refractivity contribution >= 4 is 11.6 Å². The Bertz CT molecular complexity index is 269. The molecule has 0 amide bonds. The summed E-state index contributed by atoms with van der Waals surface area (Å²) in [6, 6.07) is 3.94. The van der Waals surface area contributed by atoms with Gasteiger partial charge in [0.2, 0.25) is 0 Å². The third-order valence-electron chi connectivity index (χ3n) is 1.82. The highest BCUT2D eigenvalue weighted by molar-refractivity contribution is 6.30. The molecule has 72 valence electrons. The maximum Gasteiger partial charge on any atom is 0.125 e. The maximum absolute atomic E-state index is 12.9. The summed E-state index contributed by atoms with van der Waals surface area (Å²) in [5.41, 5.74) is 0.648. The highest BCUT2D eigenvalue weighted by atomic mass is 35.5. The number of hydrogen-bond acceptors (Lipinski definition) is 2. The fraction of sp³-hybridized carbons (Fsp3) is 0.333. The van der Waals surface area contributed by atoms with E-state index in [2.05, 4.69) is 5.32 Å². The molecule has 0 spiro atoms. The summed E-state index contributed by atoms with van der Waals surface area (Å²) < 4.78 is 12.9. The largest absolute Gasteiger partial charge is 0.394 e. The van der Waals surface area contributed by atoms with Gasteiger partial charge in [0.15, 0.2) is 0 Å². The quantitative estimate of drug-likeness (QED) is 0.784. The first-order valence-corrected chi connectivity index (χ1v) is 4.29. The summed E-state index contributed by atoms with van der Waals surface area (Å²) in [5, 5.41) is 12.1. The van der Waals surface area contributed by atoms with E-state index in [1.807, 2.05) is 0 Å². The topological polar surface area (TPSA) is 32.3 Å². The standard InChI is InChI=1S/C9H11ClFNO/c1-12-9(5-13)6-2-7(10)4-8(11)3-6/h2-4,9,12-13H,5H2,1H3/t9-/m0/s1. The van der Waals surface area contributed by atoms with Crippen LogP contribution in [0.1, 0.15) is 11.6 Å². The molecule has 4 heteroatoms. The second kappa shape index (κ2) is 4.56. The summed E-state index contributed by atoms with van der Waals surface area (Å²) in [7, 11) is 1.69. The van der Waals surface area contributed by atoms with Crippen LogP contribution in [0.15, 0.2) is 18.2 Å². The Morgan fingerprint density at radius 3 is 2.69 bits per heavy atom. The van der Waals surface area contributed by atoms with Crippen molar-refractivity contribution in [1.82, 2.24) is 5.32 Å². The van der Waals surface area contributed by atoms with Crippen molar-refractivity contribution in [3.63, 3.8) is 0 Å². The van der Waals surface area contributed by atoms with Crippen molar-refractivity contribution in [1.29, 1.82) is 0 Å². The van der Waals surface area contributed by atoms with Crippen LogP contribution in [0.25, 0.3) is 0 Å². The van der Waals surface area contributed by atoms with Gasteiger partial charge in [0.1, 0.15) is 5.82 Å². The molecule has 0 aliphatic heterocycles. The van der Waals surface area contributed by atoms with Crippen LogP contribution in [0, 0.1) is 5.82 Å². The minimum Gasteiger partial charge on any atom is -0.394 e. The lowest BCUT2D eigenvalue weighted by Crippen LogP contribution is -2.19. The van der Waals surface area contributed by atoms with E-state index in [-0.39, 0.29) is 12.6 Å². The summed E-state index contributed by atoms with van der Waals surface area (Å²) in [4.78, 5) is 0. The van der Waals surface area contributed by atoms with E-state index in [4.69, 9.17) is 16.7 Å². The SMILES string of the molecule is CN[C@@H](CO)c1cc(F)cc(Cl)c1. The van der Waals surface area contributed by atoms with Crippen LogP contribution in [0.3, 0.4) is 0 Å². The molecule has 1 atom stereocenters. The van der Waals surface area contributed by atoms with E-state index < -0.39 is 5.82 Å². The smallest absolute Gasteiger partial charge is 0.125 e. The Hall–Kier alpha value is -0.640. The van der Waals surface area contributed by atoms with E-state index in [9.17, 15) is 4.39 Å². The van der Waals surface area contributed by atoms with Crippen LogP contribution < -0.4 is 5.32 Å². The van der Waals surface area contributed by atoms with Crippen molar-refractivity contribution in [3.05, 3.63) is 34.6 Å². The Morgan fingerprint density at radius 1 is 1.54 bits per heavy atom. The predicted octanol–water partition coefficient (Wildman–Crippen LogP) is 1.73. The Kier molecular flexibility index (Phi) is 3.66. The third-order valence-corrected chi connectivity index (χ3v) is 2.04.